The Balaban J connectivity index is 1.17. The largest absolute Gasteiger partial charge is 0.497 e. The van der Waals surface area contributed by atoms with Crippen LogP contribution in [0.25, 0.3) is 0 Å². The molecule has 1 atom stereocenters. The molecule has 0 saturated carbocycles. The minimum absolute atomic E-state index is 0.0583. The first-order valence-corrected chi connectivity index (χ1v) is 14.0. The maximum atomic E-state index is 11.0. The number of hydrogen-bond donors (Lipinski definition) is 4. The van der Waals surface area contributed by atoms with E-state index >= 15 is 0 Å². The van der Waals surface area contributed by atoms with Crippen molar-refractivity contribution >= 4 is 46.3 Å². The van der Waals surface area contributed by atoms with Gasteiger partial charge in [0.05, 0.1) is 30.9 Å². The molecular weight excluding hydrogens is 574 g/mol. The third kappa shape index (κ3) is 7.05. The lowest BCUT2D eigenvalue weighted by Crippen LogP contribution is -2.09. The molecule has 1 aliphatic heterocycles. The van der Waals surface area contributed by atoms with E-state index in [2.05, 4.69) is 41.4 Å². The molecule has 1 aromatic heterocycles. The summed E-state index contributed by atoms with van der Waals surface area (Å²) >= 11 is 0. The Morgan fingerprint density at radius 1 is 0.689 bits per heavy atom. The molecule has 45 heavy (non-hydrogen) atoms. The fourth-order valence-corrected chi connectivity index (χ4v) is 4.67. The monoisotopic (exact) mass is 603 g/mol. The number of benzene rings is 4. The zero-order valence-corrected chi connectivity index (χ0v) is 24.4. The molecule has 4 N–H and O–H groups in total. The Morgan fingerprint density at radius 2 is 1.13 bits per heavy atom. The van der Waals surface area contributed by atoms with Gasteiger partial charge in [-0.1, -0.05) is 24.3 Å². The fourth-order valence-electron chi connectivity index (χ4n) is 4.67. The Labute approximate surface area is 258 Å². The molecule has 6 rings (SSSR count). The lowest BCUT2D eigenvalue weighted by Gasteiger charge is -2.12. The summed E-state index contributed by atoms with van der Waals surface area (Å²) in [4.78, 5) is 24.3. The number of nitrogens with one attached hydrogen (secondary N) is 4. The molecule has 0 aliphatic carbocycles. The SMILES string of the molecule is COc1ccc(Nc2nc(Nc3ccc(OC)cc3)nc(Nc3ccc(C4=NNC(c5ccc([N+](=O)[O-])cc5)C4)cc3)n2)cc1. The van der Waals surface area contributed by atoms with Crippen LogP contribution in [0.1, 0.15) is 23.6 Å². The van der Waals surface area contributed by atoms with E-state index < -0.39 is 4.92 Å². The Hall–Kier alpha value is -6.24. The number of nitro groups is 1. The van der Waals surface area contributed by atoms with Crippen LogP contribution in [-0.4, -0.2) is 39.8 Å². The van der Waals surface area contributed by atoms with E-state index in [1.165, 1.54) is 12.1 Å². The van der Waals surface area contributed by atoms with Gasteiger partial charge in [0.15, 0.2) is 0 Å². The van der Waals surface area contributed by atoms with Gasteiger partial charge >= 0.3 is 0 Å². The first kappa shape index (κ1) is 28.9. The normalized spacial score (nSPS) is 13.7. The van der Waals surface area contributed by atoms with Crippen molar-refractivity contribution in [3.8, 4) is 11.5 Å². The van der Waals surface area contributed by atoms with Crippen LogP contribution in [0, 0.1) is 10.1 Å². The fraction of sp³-hybridized carbons (Fsp3) is 0.125. The third-order valence-corrected chi connectivity index (χ3v) is 7.06. The van der Waals surface area contributed by atoms with Crippen molar-refractivity contribution < 1.29 is 14.4 Å². The van der Waals surface area contributed by atoms with E-state index in [9.17, 15) is 10.1 Å². The third-order valence-electron chi connectivity index (χ3n) is 7.06. The summed E-state index contributed by atoms with van der Waals surface area (Å²) in [5.41, 5.74) is 8.32. The summed E-state index contributed by atoms with van der Waals surface area (Å²) in [7, 11) is 3.24. The highest BCUT2D eigenvalue weighted by Gasteiger charge is 2.22. The van der Waals surface area contributed by atoms with E-state index in [0.717, 1.165) is 45.4 Å². The number of nitro benzene ring substituents is 1. The summed E-state index contributed by atoms with van der Waals surface area (Å²) in [6, 6.07) is 29.1. The molecule has 0 spiro atoms. The number of aromatic nitrogens is 3. The summed E-state index contributed by atoms with van der Waals surface area (Å²) in [5.74, 6) is 2.50. The summed E-state index contributed by atoms with van der Waals surface area (Å²) < 4.78 is 10.5. The first-order chi connectivity index (χ1) is 21.9. The number of anilines is 6. The van der Waals surface area contributed by atoms with Crippen molar-refractivity contribution in [2.45, 2.75) is 12.5 Å². The molecule has 1 unspecified atom stereocenters. The molecule has 0 amide bonds. The van der Waals surface area contributed by atoms with Gasteiger partial charge < -0.3 is 30.8 Å². The van der Waals surface area contributed by atoms with Gasteiger partial charge in [-0.15, -0.1) is 0 Å². The van der Waals surface area contributed by atoms with Gasteiger partial charge in [0.2, 0.25) is 17.8 Å². The van der Waals surface area contributed by atoms with Crippen LogP contribution >= 0.6 is 0 Å². The van der Waals surface area contributed by atoms with Crippen molar-refractivity contribution in [2.75, 3.05) is 30.2 Å². The average Bonchev–Trinajstić information content (AvgIpc) is 3.56. The van der Waals surface area contributed by atoms with Crippen molar-refractivity contribution in [3.05, 3.63) is 118 Å². The lowest BCUT2D eigenvalue weighted by molar-refractivity contribution is -0.384. The average molecular weight is 604 g/mol. The predicted molar refractivity (Wildman–Crippen MR) is 172 cm³/mol. The van der Waals surface area contributed by atoms with Crippen LogP contribution in [-0.2, 0) is 0 Å². The number of non-ortho nitro benzene ring substituents is 1. The van der Waals surface area contributed by atoms with Crippen molar-refractivity contribution in [2.24, 2.45) is 5.10 Å². The minimum atomic E-state index is -0.406. The highest BCUT2D eigenvalue weighted by Crippen LogP contribution is 2.28. The van der Waals surface area contributed by atoms with Crippen molar-refractivity contribution in [3.63, 3.8) is 0 Å². The maximum Gasteiger partial charge on any atom is 0.269 e. The van der Waals surface area contributed by atoms with Gasteiger partial charge in [-0.2, -0.15) is 20.1 Å². The van der Waals surface area contributed by atoms with E-state index in [1.54, 1.807) is 26.4 Å². The van der Waals surface area contributed by atoms with E-state index in [0.29, 0.717) is 24.3 Å². The van der Waals surface area contributed by atoms with Crippen LogP contribution in [0.5, 0.6) is 11.5 Å². The van der Waals surface area contributed by atoms with Crippen LogP contribution in [0.4, 0.5) is 40.6 Å². The number of hydrazone groups is 1. The number of nitrogens with zero attached hydrogens (tertiary/aromatic N) is 5. The minimum Gasteiger partial charge on any atom is -0.497 e. The number of hydrogen-bond acceptors (Lipinski definition) is 12. The number of rotatable bonds is 11. The van der Waals surface area contributed by atoms with Gasteiger partial charge in [-0.05, 0) is 71.8 Å². The molecule has 0 radical (unpaired) electrons. The Bertz CT molecular complexity index is 1750. The maximum absolute atomic E-state index is 11.0. The van der Waals surface area contributed by atoms with E-state index in [4.69, 9.17) is 9.47 Å². The summed E-state index contributed by atoms with van der Waals surface area (Å²) in [5, 5.41) is 25.2. The van der Waals surface area contributed by atoms with Crippen molar-refractivity contribution in [1.82, 2.24) is 20.4 Å². The van der Waals surface area contributed by atoms with Crippen LogP contribution in [0.3, 0.4) is 0 Å². The number of ether oxygens (including phenoxy) is 2. The van der Waals surface area contributed by atoms with Gasteiger partial charge in [0.1, 0.15) is 11.5 Å². The summed E-state index contributed by atoms with van der Waals surface area (Å²) in [6.07, 6.45) is 0.652. The molecule has 13 nitrogen and oxygen atoms in total. The van der Waals surface area contributed by atoms with Gasteiger partial charge in [-0.25, -0.2) is 0 Å². The molecule has 1 aliphatic rings. The molecule has 0 fully saturated rings. The Kier molecular flexibility index (Phi) is 8.31. The Morgan fingerprint density at radius 3 is 1.56 bits per heavy atom. The molecule has 2 heterocycles. The molecule has 13 heteroatoms. The summed E-state index contributed by atoms with van der Waals surface area (Å²) in [6.45, 7) is 0. The van der Waals surface area contributed by atoms with E-state index in [-0.39, 0.29) is 11.7 Å². The smallest absolute Gasteiger partial charge is 0.269 e. The van der Waals surface area contributed by atoms with Crippen molar-refractivity contribution in [1.29, 1.82) is 0 Å². The quantitative estimate of drug-likeness (QED) is 0.0968. The van der Waals surface area contributed by atoms with Gasteiger partial charge in [0.25, 0.3) is 5.69 Å². The predicted octanol–water partition coefficient (Wildman–Crippen LogP) is 6.47. The van der Waals surface area contributed by atoms with Crippen LogP contribution in [0.2, 0.25) is 0 Å². The second kappa shape index (κ2) is 13.0. The topological polar surface area (TPSA) is 161 Å². The second-order valence-electron chi connectivity index (χ2n) is 10.0. The molecule has 0 saturated heterocycles. The molecular formula is C32H29N9O4. The molecule has 226 valence electrons. The first-order valence-electron chi connectivity index (χ1n) is 14.0. The zero-order chi connectivity index (χ0) is 31.2. The molecule has 4 aromatic carbocycles. The number of methoxy groups -OCH3 is 2. The zero-order valence-electron chi connectivity index (χ0n) is 24.4. The molecule has 5 aromatic rings. The van der Waals surface area contributed by atoms with Crippen LogP contribution < -0.4 is 30.8 Å². The standard InChI is InChI=1S/C32H29N9O4/c1-44-26-15-9-23(10-16-26)34-31-36-30(37-32(38-31)35-24-11-17-27(45-2)18-12-24)33-22-7-3-20(4-8-22)28-19-29(40-39-28)21-5-13-25(14-6-21)41(42)43/h3-18,29,40H,19H2,1-2H3,(H3,33,34,35,36,37,38). The van der Waals surface area contributed by atoms with Gasteiger partial charge in [0, 0.05) is 35.6 Å². The highest BCUT2D eigenvalue weighted by molar-refractivity contribution is 6.02. The highest BCUT2D eigenvalue weighted by atomic mass is 16.6. The lowest BCUT2D eigenvalue weighted by atomic mass is 9.99. The molecule has 0 bridgehead atoms. The second-order valence-corrected chi connectivity index (χ2v) is 10.0. The van der Waals surface area contributed by atoms with Crippen LogP contribution in [0.15, 0.2) is 102 Å². The van der Waals surface area contributed by atoms with E-state index in [1.807, 2.05) is 72.8 Å². The van der Waals surface area contributed by atoms with Gasteiger partial charge in [-0.3, -0.25) is 10.1 Å².